The zero-order chi connectivity index (χ0) is 45.0. The van der Waals surface area contributed by atoms with Crippen LogP contribution < -0.4 is 10.2 Å². The van der Waals surface area contributed by atoms with Crippen molar-refractivity contribution in [1.82, 2.24) is 5.32 Å². The number of likely N-dealkylation sites (N-methyl/N-ethyl adjacent to an activating group) is 1. The zero-order valence-electron chi connectivity index (χ0n) is 41.7. The molecule has 61 heavy (non-hydrogen) atoms. The van der Waals surface area contributed by atoms with Gasteiger partial charge in [-0.05, 0) is 12.8 Å². The molecule has 0 aromatic rings. The summed E-state index contributed by atoms with van der Waals surface area (Å²) in [6, 6.07) is -0.791. The number of quaternary nitrogens is 1. The maximum atomic E-state index is 12.8. The molecule has 8 nitrogen and oxygen atoms in total. The van der Waals surface area contributed by atoms with Crippen molar-refractivity contribution < 1.29 is 32.9 Å². The minimum atomic E-state index is -4.55. The van der Waals surface area contributed by atoms with E-state index in [1.165, 1.54) is 212 Å². The molecule has 0 aliphatic rings. The highest BCUT2D eigenvalue weighted by molar-refractivity contribution is 7.45. The summed E-state index contributed by atoms with van der Waals surface area (Å²) < 4.78 is 23.2. The molecule has 0 heterocycles. The zero-order valence-corrected chi connectivity index (χ0v) is 42.5. The fourth-order valence-corrected chi connectivity index (χ4v) is 9.06. The van der Waals surface area contributed by atoms with Crippen LogP contribution in [0.4, 0.5) is 0 Å². The number of phosphoric ester groups is 1. The van der Waals surface area contributed by atoms with Gasteiger partial charge in [-0.3, -0.25) is 9.36 Å². The summed E-state index contributed by atoms with van der Waals surface area (Å²) in [6.07, 6.45) is 51.9. The van der Waals surface area contributed by atoms with Crippen LogP contribution >= 0.6 is 7.82 Å². The molecule has 0 radical (unpaired) electrons. The Balaban J connectivity index is 3.75. The highest BCUT2D eigenvalue weighted by Crippen LogP contribution is 2.38. The van der Waals surface area contributed by atoms with Crippen molar-refractivity contribution in [3.8, 4) is 0 Å². The van der Waals surface area contributed by atoms with E-state index in [1.54, 1.807) is 0 Å². The van der Waals surface area contributed by atoms with E-state index in [1.807, 2.05) is 21.1 Å². The van der Waals surface area contributed by atoms with Crippen molar-refractivity contribution in [2.45, 2.75) is 289 Å². The lowest BCUT2D eigenvalue weighted by Crippen LogP contribution is -2.46. The molecule has 3 atom stereocenters. The van der Waals surface area contributed by atoms with E-state index in [0.717, 1.165) is 38.5 Å². The molecule has 0 bridgehead atoms. The van der Waals surface area contributed by atoms with Gasteiger partial charge in [0.1, 0.15) is 13.2 Å². The average molecular weight is 887 g/mol. The summed E-state index contributed by atoms with van der Waals surface area (Å²) in [6.45, 7) is 4.68. The summed E-state index contributed by atoms with van der Waals surface area (Å²) in [5.41, 5.74) is 0. The van der Waals surface area contributed by atoms with Crippen molar-refractivity contribution in [2.75, 3.05) is 40.9 Å². The molecule has 0 aromatic carbocycles. The van der Waals surface area contributed by atoms with Crippen LogP contribution in [0.15, 0.2) is 0 Å². The first kappa shape index (κ1) is 60.5. The van der Waals surface area contributed by atoms with Crippen LogP contribution in [0, 0.1) is 0 Å². The van der Waals surface area contributed by atoms with Gasteiger partial charge < -0.3 is 28.8 Å². The van der Waals surface area contributed by atoms with Crippen LogP contribution in [0.5, 0.6) is 0 Å². The van der Waals surface area contributed by atoms with Gasteiger partial charge in [0.2, 0.25) is 5.91 Å². The highest BCUT2D eigenvalue weighted by Gasteiger charge is 2.24. The number of nitrogens with zero attached hydrogens (tertiary/aromatic N) is 1. The number of carbonyl (C=O) groups is 1. The molecule has 1 amide bonds. The largest absolute Gasteiger partial charge is 0.756 e. The number of aliphatic hydroxyl groups excluding tert-OH is 1. The Hall–Kier alpha value is -0.500. The molecule has 0 aromatic heterocycles. The van der Waals surface area contributed by atoms with Gasteiger partial charge in [-0.2, -0.15) is 0 Å². The number of unbranched alkanes of at least 4 members (excludes halogenated alkanes) is 37. The van der Waals surface area contributed by atoms with Crippen LogP contribution in [-0.4, -0.2) is 68.5 Å². The van der Waals surface area contributed by atoms with Gasteiger partial charge in [-0.25, -0.2) is 0 Å². The van der Waals surface area contributed by atoms with Crippen molar-refractivity contribution >= 4 is 13.7 Å². The van der Waals surface area contributed by atoms with E-state index in [9.17, 15) is 19.4 Å². The molecule has 0 fully saturated rings. The molecular weight excluding hydrogens is 780 g/mol. The first-order chi connectivity index (χ1) is 29.5. The normalized spacial score (nSPS) is 14.0. The Morgan fingerprint density at radius 1 is 0.508 bits per heavy atom. The minimum absolute atomic E-state index is 0.0152. The molecule has 9 heteroatoms. The lowest BCUT2D eigenvalue weighted by Gasteiger charge is -2.30. The van der Waals surface area contributed by atoms with Gasteiger partial charge in [0.25, 0.3) is 7.82 Å². The van der Waals surface area contributed by atoms with E-state index >= 15 is 0 Å². The van der Waals surface area contributed by atoms with E-state index < -0.39 is 20.0 Å². The Labute approximate surface area is 380 Å². The molecule has 2 N–H and O–H groups in total. The number of carbonyl (C=O) groups excluding carboxylic acids is 1. The first-order valence-electron chi connectivity index (χ1n) is 26.9. The minimum Gasteiger partial charge on any atom is -0.756 e. The second-order valence-corrected chi connectivity index (χ2v) is 21.4. The average Bonchev–Trinajstić information content (AvgIpc) is 3.21. The number of hydrogen-bond donors (Lipinski definition) is 2. The predicted octanol–water partition coefficient (Wildman–Crippen LogP) is 15.1. The lowest BCUT2D eigenvalue weighted by atomic mass is 10.0. The van der Waals surface area contributed by atoms with Crippen LogP contribution in [0.1, 0.15) is 277 Å². The summed E-state index contributed by atoms with van der Waals surface area (Å²) in [5.74, 6) is -0.164. The van der Waals surface area contributed by atoms with Crippen molar-refractivity contribution in [1.29, 1.82) is 0 Å². The van der Waals surface area contributed by atoms with Gasteiger partial charge in [0.05, 0.1) is 39.9 Å². The van der Waals surface area contributed by atoms with Crippen LogP contribution in [0.25, 0.3) is 0 Å². The van der Waals surface area contributed by atoms with Gasteiger partial charge in [0.15, 0.2) is 0 Å². The summed E-state index contributed by atoms with van der Waals surface area (Å²) in [4.78, 5) is 25.2. The number of phosphoric acid groups is 1. The molecule has 0 aliphatic heterocycles. The van der Waals surface area contributed by atoms with E-state index in [4.69, 9.17) is 9.05 Å². The predicted molar refractivity (Wildman–Crippen MR) is 261 cm³/mol. The van der Waals surface area contributed by atoms with E-state index in [-0.39, 0.29) is 19.1 Å². The fourth-order valence-electron chi connectivity index (χ4n) is 8.34. The lowest BCUT2D eigenvalue weighted by molar-refractivity contribution is -0.870. The van der Waals surface area contributed by atoms with Gasteiger partial charge in [-0.15, -0.1) is 0 Å². The standard InChI is InChI=1S/C52H107N2O6P/c1-6-8-10-12-14-15-16-17-18-19-20-21-22-23-24-25-26-27-28-29-30-31-32-33-34-35-36-37-38-39-40-42-44-46-52(56)53-50(51(55)45-43-41-13-11-9-7-2)49-60-61(57,58)59-48-47-54(3,4)5/h50-51,55H,6-49H2,1-5H3,(H-,53,56,57,58). The van der Waals surface area contributed by atoms with Crippen LogP contribution in [0.2, 0.25) is 0 Å². The molecule has 3 unspecified atom stereocenters. The molecule has 0 rings (SSSR count). The second-order valence-electron chi connectivity index (χ2n) is 20.0. The van der Waals surface area contributed by atoms with E-state index in [2.05, 4.69) is 19.2 Å². The number of amides is 1. The third-order valence-corrected chi connectivity index (χ3v) is 13.6. The number of hydrogen-bond acceptors (Lipinski definition) is 6. The quantitative estimate of drug-likeness (QED) is 0.0358. The summed E-state index contributed by atoms with van der Waals surface area (Å²) in [7, 11) is 1.32. The third-order valence-electron chi connectivity index (χ3n) is 12.6. The maximum absolute atomic E-state index is 12.8. The number of aliphatic hydroxyl groups is 1. The Kier molecular flexibility index (Phi) is 44.3. The van der Waals surface area contributed by atoms with Gasteiger partial charge in [-0.1, -0.05) is 258 Å². The second kappa shape index (κ2) is 44.7. The SMILES string of the molecule is CCCCCCCCCCCCCCCCCCCCCCCCCCCCCCCCCCCC(=O)NC(COP(=O)([O-])OCC[N+](C)(C)C)C(O)CCCCCCCC. The first-order valence-corrected chi connectivity index (χ1v) is 28.3. The monoisotopic (exact) mass is 887 g/mol. The van der Waals surface area contributed by atoms with Crippen molar-refractivity contribution in [3.05, 3.63) is 0 Å². The van der Waals surface area contributed by atoms with Crippen molar-refractivity contribution in [2.24, 2.45) is 0 Å². The molecule has 366 valence electrons. The maximum Gasteiger partial charge on any atom is 0.268 e. The third kappa shape index (κ3) is 47.3. The Bertz CT molecular complexity index is 963. The molecule has 0 saturated heterocycles. The van der Waals surface area contributed by atoms with Gasteiger partial charge in [0, 0.05) is 6.42 Å². The summed E-state index contributed by atoms with van der Waals surface area (Å²) >= 11 is 0. The Morgan fingerprint density at radius 2 is 0.803 bits per heavy atom. The van der Waals surface area contributed by atoms with Gasteiger partial charge >= 0.3 is 0 Å². The number of nitrogens with one attached hydrogen (secondary N) is 1. The molecule has 0 aliphatic carbocycles. The summed E-state index contributed by atoms with van der Waals surface area (Å²) in [5, 5.41) is 13.8. The Morgan fingerprint density at radius 3 is 1.11 bits per heavy atom. The van der Waals surface area contributed by atoms with E-state index in [0.29, 0.717) is 23.9 Å². The highest BCUT2D eigenvalue weighted by atomic mass is 31.2. The van der Waals surface area contributed by atoms with Crippen LogP contribution in [0.3, 0.4) is 0 Å². The molecular formula is C52H107N2O6P. The number of rotatable bonds is 50. The molecule has 0 spiro atoms. The topological polar surface area (TPSA) is 108 Å². The molecule has 0 saturated carbocycles. The van der Waals surface area contributed by atoms with Crippen LogP contribution in [-0.2, 0) is 18.4 Å². The fraction of sp³-hybridized carbons (Fsp3) is 0.981. The van der Waals surface area contributed by atoms with Crippen molar-refractivity contribution in [3.63, 3.8) is 0 Å². The smallest absolute Gasteiger partial charge is 0.268 e.